The zero-order valence-electron chi connectivity index (χ0n) is 14.4. The highest BCUT2D eigenvalue weighted by Crippen LogP contribution is 2.27. The number of rotatable bonds is 11. The second-order valence-electron chi connectivity index (χ2n) is 6.61. The molecule has 0 saturated carbocycles. The third kappa shape index (κ3) is 6.23. The molecular weight excluding hydrogens is 270 g/mol. The first-order chi connectivity index (χ1) is 10.6. The number of aromatic hydroxyl groups is 1. The molecule has 2 nitrogen and oxygen atoms in total. The van der Waals surface area contributed by atoms with Crippen LogP contribution in [0.2, 0.25) is 0 Å². The van der Waals surface area contributed by atoms with Gasteiger partial charge in [-0.05, 0) is 36.3 Å². The standard InChI is InChI=1S/C20H33NO/c1-4-10-18-14-13-17(19(15-21)20(18)22)12-9-7-5-6-8-11-16(2)3/h4,13-14,16,22H,1,5-12,15,21H2,2-3H3. The Labute approximate surface area is 136 Å². The first-order valence-electron chi connectivity index (χ1n) is 8.73. The highest BCUT2D eigenvalue weighted by Gasteiger charge is 2.10. The maximum absolute atomic E-state index is 10.3. The summed E-state index contributed by atoms with van der Waals surface area (Å²) in [4.78, 5) is 0. The number of hydrogen-bond donors (Lipinski definition) is 2. The van der Waals surface area contributed by atoms with E-state index in [2.05, 4.69) is 26.5 Å². The lowest BCUT2D eigenvalue weighted by atomic mass is 9.96. The Bertz CT molecular complexity index is 451. The maximum atomic E-state index is 10.3. The van der Waals surface area contributed by atoms with Gasteiger partial charge >= 0.3 is 0 Å². The molecule has 3 N–H and O–H groups in total. The fourth-order valence-electron chi connectivity index (χ4n) is 2.91. The molecule has 0 aliphatic carbocycles. The molecule has 0 unspecified atom stereocenters. The summed E-state index contributed by atoms with van der Waals surface area (Å²) in [6, 6.07) is 4.13. The van der Waals surface area contributed by atoms with E-state index >= 15 is 0 Å². The Kier molecular flexibility index (Phi) is 8.91. The molecule has 0 atom stereocenters. The van der Waals surface area contributed by atoms with E-state index in [1.807, 2.05) is 12.1 Å². The van der Waals surface area contributed by atoms with Crippen molar-refractivity contribution in [2.75, 3.05) is 0 Å². The predicted molar refractivity (Wildman–Crippen MR) is 96.1 cm³/mol. The molecular formula is C20H33NO. The minimum atomic E-state index is 0.372. The van der Waals surface area contributed by atoms with Crippen molar-refractivity contribution >= 4 is 0 Å². The van der Waals surface area contributed by atoms with Crippen molar-refractivity contribution in [3.8, 4) is 5.75 Å². The molecule has 124 valence electrons. The number of allylic oxidation sites excluding steroid dienone is 1. The summed E-state index contributed by atoms with van der Waals surface area (Å²) in [7, 11) is 0. The van der Waals surface area contributed by atoms with Gasteiger partial charge < -0.3 is 10.8 Å². The molecule has 0 aromatic heterocycles. The highest BCUT2D eigenvalue weighted by atomic mass is 16.3. The summed E-state index contributed by atoms with van der Waals surface area (Å²) in [5.41, 5.74) is 8.87. The zero-order chi connectivity index (χ0) is 16.4. The molecule has 0 radical (unpaired) electrons. The molecule has 1 aromatic rings. The van der Waals surface area contributed by atoms with E-state index in [1.54, 1.807) is 0 Å². The van der Waals surface area contributed by atoms with E-state index < -0.39 is 0 Å². The quantitative estimate of drug-likeness (QED) is 0.440. The second kappa shape index (κ2) is 10.4. The largest absolute Gasteiger partial charge is 0.507 e. The molecule has 22 heavy (non-hydrogen) atoms. The average Bonchev–Trinajstić information content (AvgIpc) is 2.49. The van der Waals surface area contributed by atoms with Gasteiger partial charge in [-0.2, -0.15) is 0 Å². The molecule has 0 saturated heterocycles. The van der Waals surface area contributed by atoms with Crippen molar-refractivity contribution in [3.63, 3.8) is 0 Å². The first kappa shape index (κ1) is 18.8. The zero-order valence-corrected chi connectivity index (χ0v) is 14.4. The van der Waals surface area contributed by atoms with E-state index in [4.69, 9.17) is 5.73 Å². The first-order valence-corrected chi connectivity index (χ1v) is 8.73. The Morgan fingerprint density at radius 1 is 1.09 bits per heavy atom. The lowest BCUT2D eigenvalue weighted by Gasteiger charge is -2.13. The van der Waals surface area contributed by atoms with Gasteiger partial charge in [-0.25, -0.2) is 0 Å². The van der Waals surface area contributed by atoms with Crippen LogP contribution in [-0.2, 0) is 19.4 Å². The SMILES string of the molecule is C=CCc1ccc(CCCCCCCC(C)C)c(CN)c1O. The van der Waals surface area contributed by atoms with Crippen LogP contribution in [0.25, 0.3) is 0 Å². The molecule has 2 heteroatoms. The van der Waals surface area contributed by atoms with Crippen molar-refractivity contribution in [1.29, 1.82) is 0 Å². The van der Waals surface area contributed by atoms with Gasteiger partial charge in [0.2, 0.25) is 0 Å². The van der Waals surface area contributed by atoms with Crippen molar-refractivity contribution in [1.82, 2.24) is 0 Å². The Morgan fingerprint density at radius 2 is 1.73 bits per heavy atom. The number of hydrogen-bond acceptors (Lipinski definition) is 2. The number of unbranched alkanes of at least 4 members (excludes halogenated alkanes) is 4. The van der Waals surface area contributed by atoms with E-state index in [1.165, 1.54) is 44.1 Å². The summed E-state index contributed by atoms with van der Waals surface area (Å²) in [5.74, 6) is 1.20. The summed E-state index contributed by atoms with van der Waals surface area (Å²) in [5, 5.41) is 10.3. The summed E-state index contributed by atoms with van der Waals surface area (Å²) in [6.45, 7) is 8.71. The number of phenolic OH excluding ortho intramolecular Hbond substituents is 1. The third-order valence-electron chi connectivity index (χ3n) is 4.26. The smallest absolute Gasteiger partial charge is 0.123 e. The monoisotopic (exact) mass is 303 g/mol. The van der Waals surface area contributed by atoms with Crippen molar-refractivity contribution in [2.24, 2.45) is 11.7 Å². The normalized spacial score (nSPS) is 11.1. The molecule has 0 aliphatic rings. The molecule has 0 spiro atoms. The van der Waals surface area contributed by atoms with Crippen LogP contribution in [0.4, 0.5) is 0 Å². The fourth-order valence-corrected chi connectivity index (χ4v) is 2.91. The van der Waals surface area contributed by atoms with Crippen LogP contribution in [0, 0.1) is 5.92 Å². The summed E-state index contributed by atoms with van der Waals surface area (Å²) < 4.78 is 0. The van der Waals surface area contributed by atoms with Crippen LogP contribution in [0.5, 0.6) is 5.75 Å². The Hall–Kier alpha value is -1.28. The number of aryl methyl sites for hydroxylation is 1. The van der Waals surface area contributed by atoms with Gasteiger partial charge in [0, 0.05) is 12.1 Å². The van der Waals surface area contributed by atoms with Gasteiger partial charge in [0.25, 0.3) is 0 Å². The van der Waals surface area contributed by atoms with E-state index in [-0.39, 0.29) is 0 Å². The Morgan fingerprint density at radius 3 is 2.36 bits per heavy atom. The molecule has 0 amide bonds. The van der Waals surface area contributed by atoms with Crippen LogP contribution in [0.15, 0.2) is 24.8 Å². The van der Waals surface area contributed by atoms with Gasteiger partial charge in [-0.1, -0.05) is 64.2 Å². The third-order valence-corrected chi connectivity index (χ3v) is 4.26. The van der Waals surface area contributed by atoms with Crippen molar-refractivity contribution < 1.29 is 5.11 Å². The topological polar surface area (TPSA) is 46.2 Å². The van der Waals surface area contributed by atoms with Crippen LogP contribution >= 0.6 is 0 Å². The average molecular weight is 303 g/mol. The van der Waals surface area contributed by atoms with E-state index in [9.17, 15) is 5.11 Å². The van der Waals surface area contributed by atoms with Gasteiger partial charge in [-0.3, -0.25) is 0 Å². The van der Waals surface area contributed by atoms with E-state index in [0.717, 1.165) is 23.5 Å². The highest BCUT2D eigenvalue weighted by molar-refractivity contribution is 5.46. The van der Waals surface area contributed by atoms with Crippen molar-refractivity contribution in [2.45, 2.75) is 71.8 Å². The minimum Gasteiger partial charge on any atom is -0.507 e. The number of nitrogens with two attached hydrogens (primary N) is 1. The van der Waals surface area contributed by atoms with Crippen LogP contribution in [-0.4, -0.2) is 5.11 Å². The lowest BCUT2D eigenvalue weighted by Crippen LogP contribution is -2.04. The lowest BCUT2D eigenvalue weighted by molar-refractivity contribution is 0.461. The van der Waals surface area contributed by atoms with Crippen LogP contribution in [0.1, 0.15) is 69.1 Å². The minimum absolute atomic E-state index is 0.372. The Balaban J connectivity index is 2.42. The van der Waals surface area contributed by atoms with Gasteiger partial charge in [0.15, 0.2) is 0 Å². The summed E-state index contributed by atoms with van der Waals surface area (Å²) >= 11 is 0. The molecule has 1 aromatic carbocycles. The molecule has 0 heterocycles. The van der Waals surface area contributed by atoms with Gasteiger partial charge in [0.05, 0.1) is 0 Å². The van der Waals surface area contributed by atoms with Crippen LogP contribution < -0.4 is 5.73 Å². The molecule has 0 bridgehead atoms. The number of benzene rings is 1. The van der Waals surface area contributed by atoms with Crippen molar-refractivity contribution in [3.05, 3.63) is 41.5 Å². The predicted octanol–water partition coefficient (Wildman–Crippen LogP) is 5.12. The fraction of sp³-hybridized carbons (Fsp3) is 0.600. The molecule has 1 rings (SSSR count). The molecule has 0 fully saturated rings. The van der Waals surface area contributed by atoms with E-state index in [0.29, 0.717) is 18.7 Å². The summed E-state index contributed by atoms with van der Waals surface area (Å²) in [6.07, 6.45) is 11.3. The second-order valence-corrected chi connectivity index (χ2v) is 6.61. The number of phenols is 1. The van der Waals surface area contributed by atoms with Gasteiger partial charge in [0.1, 0.15) is 5.75 Å². The van der Waals surface area contributed by atoms with Gasteiger partial charge in [-0.15, -0.1) is 6.58 Å². The maximum Gasteiger partial charge on any atom is 0.123 e. The molecule has 0 aliphatic heterocycles. The van der Waals surface area contributed by atoms with Crippen LogP contribution in [0.3, 0.4) is 0 Å².